The molecule has 122 valence electrons. The van der Waals surface area contributed by atoms with Gasteiger partial charge in [-0.25, -0.2) is 0 Å². The molecule has 2 rings (SSSR count). The Kier molecular flexibility index (Phi) is 6.78. The van der Waals surface area contributed by atoms with Gasteiger partial charge in [0, 0.05) is 25.2 Å². The maximum Gasteiger partial charge on any atom is 0.251 e. The Bertz CT molecular complexity index is 596. The lowest BCUT2D eigenvalue weighted by Gasteiger charge is -2.16. The summed E-state index contributed by atoms with van der Waals surface area (Å²) >= 11 is 0. The Morgan fingerprint density at radius 1 is 1.04 bits per heavy atom. The minimum Gasteiger partial charge on any atom is -0.352 e. The van der Waals surface area contributed by atoms with Gasteiger partial charge in [0.2, 0.25) is 0 Å². The third-order valence-electron chi connectivity index (χ3n) is 3.75. The van der Waals surface area contributed by atoms with E-state index >= 15 is 0 Å². The molecule has 0 aliphatic rings. The maximum atomic E-state index is 12.0. The molecule has 0 saturated carbocycles. The Morgan fingerprint density at radius 3 is 2.39 bits per heavy atom. The van der Waals surface area contributed by atoms with Crippen LogP contribution in [0.1, 0.15) is 27.9 Å². The van der Waals surface area contributed by atoms with E-state index < -0.39 is 0 Å². The van der Waals surface area contributed by atoms with Crippen LogP contribution in [0.4, 0.5) is 0 Å². The molecule has 0 aliphatic heterocycles. The number of carbonyl (C=O) groups is 1. The summed E-state index contributed by atoms with van der Waals surface area (Å²) < 4.78 is 0. The van der Waals surface area contributed by atoms with E-state index in [2.05, 4.69) is 41.5 Å². The quantitative estimate of drug-likeness (QED) is 0.736. The maximum absolute atomic E-state index is 12.0. The predicted molar refractivity (Wildman–Crippen MR) is 94.1 cm³/mol. The Hall–Kier alpha value is -2.17. The first-order valence-electron chi connectivity index (χ1n) is 7.98. The van der Waals surface area contributed by atoms with Crippen molar-refractivity contribution in [2.24, 2.45) is 5.73 Å². The van der Waals surface area contributed by atoms with Crippen molar-refractivity contribution < 1.29 is 4.79 Å². The fraction of sp³-hybridized carbons (Fsp3) is 0.316. The fourth-order valence-corrected chi connectivity index (χ4v) is 2.42. The zero-order valence-electron chi connectivity index (χ0n) is 13.7. The topological polar surface area (TPSA) is 58.4 Å². The van der Waals surface area contributed by atoms with Crippen LogP contribution in [0.15, 0.2) is 54.6 Å². The number of amides is 1. The molecule has 0 saturated heterocycles. The van der Waals surface area contributed by atoms with Crippen LogP contribution in [0.5, 0.6) is 0 Å². The molecule has 0 unspecified atom stereocenters. The van der Waals surface area contributed by atoms with E-state index in [0.717, 1.165) is 25.1 Å². The van der Waals surface area contributed by atoms with E-state index in [0.29, 0.717) is 18.7 Å². The molecule has 1 amide bonds. The van der Waals surface area contributed by atoms with E-state index in [4.69, 9.17) is 5.73 Å². The van der Waals surface area contributed by atoms with Gasteiger partial charge in [0.15, 0.2) is 0 Å². The number of benzene rings is 2. The number of hydrogen-bond acceptors (Lipinski definition) is 3. The van der Waals surface area contributed by atoms with E-state index in [1.54, 1.807) is 0 Å². The van der Waals surface area contributed by atoms with Crippen molar-refractivity contribution in [2.45, 2.75) is 19.5 Å². The number of rotatable bonds is 8. The average Bonchev–Trinajstić information content (AvgIpc) is 2.59. The predicted octanol–water partition coefficient (Wildman–Crippen LogP) is 2.40. The van der Waals surface area contributed by atoms with Crippen LogP contribution in [-0.2, 0) is 13.1 Å². The molecule has 2 aromatic rings. The molecule has 0 spiro atoms. The van der Waals surface area contributed by atoms with Gasteiger partial charge in [-0.1, -0.05) is 42.5 Å². The molecule has 23 heavy (non-hydrogen) atoms. The lowest BCUT2D eigenvalue weighted by molar-refractivity contribution is 0.0952. The highest BCUT2D eigenvalue weighted by molar-refractivity contribution is 5.94. The van der Waals surface area contributed by atoms with Gasteiger partial charge in [-0.3, -0.25) is 4.79 Å². The molecular weight excluding hydrogens is 286 g/mol. The van der Waals surface area contributed by atoms with Crippen molar-refractivity contribution in [1.82, 2.24) is 10.2 Å². The van der Waals surface area contributed by atoms with Gasteiger partial charge in [0.1, 0.15) is 0 Å². The first kappa shape index (κ1) is 17.2. The first-order chi connectivity index (χ1) is 11.2. The molecule has 0 aromatic heterocycles. The molecule has 0 heterocycles. The van der Waals surface area contributed by atoms with E-state index in [9.17, 15) is 4.79 Å². The van der Waals surface area contributed by atoms with Crippen LogP contribution in [-0.4, -0.2) is 30.9 Å². The molecule has 0 bridgehead atoms. The van der Waals surface area contributed by atoms with Crippen molar-refractivity contribution in [1.29, 1.82) is 0 Å². The van der Waals surface area contributed by atoms with Gasteiger partial charge in [0.05, 0.1) is 0 Å². The van der Waals surface area contributed by atoms with Crippen LogP contribution in [0.25, 0.3) is 0 Å². The summed E-state index contributed by atoms with van der Waals surface area (Å²) in [6.07, 6.45) is 0.927. The Labute approximate surface area is 138 Å². The molecule has 0 fully saturated rings. The van der Waals surface area contributed by atoms with Crippen LogP contribution in [0.3, 0.4) is 0 Å². The summed E-state index contributed by atoms with van der Waals surface area (Å²) in [4.78, 5) is 14.3. The highest BCUT2D eigenvalue weighted by Gasteiger charge is 2.05. The average molecular weight is 311 g/mol. The largest absolute Gasteiger partial charge is 0.352 e. The van der Waals surface area contributed by atoms with Gasteiger partial charge < -0.3 is 16.0 Å². The molecular formula is C19H25N3O. The highest BCUT2D eigenvalue weighted by Crippen LogP contribution is 2.04. The van der Waals surface area contributed by atoms with Crippen LogP contribution >= 0.6 is 0 Å². The third-order valence-corrected chi connectivity index (χ3v) is 3.75. The standard InChI is InChI=1S/C19H25N3O/c1-22(15-17-6-3-2-4-7-17)13-5-12-21-19(23)18-10-8-16(14-20)9-11-18/h2-4,6-11H,5,12-15,20H2,1H3,(H,21,23). The second-order valence-electron chi connectivity index (χ2n) is 5.73. The Morgan fingerprint density at radius 2 is 1.74 bits per heavy atom. The van der Waals surface area contributed by atoms with E-state index in [1.807, 2.05) is 30.3 Å². The number of hydrogen-bond donors (Lipinski definition) is 2. The van der Waals surface area contributed by atoms with Crippen molar-refractivity contribution in [2.75, 3.05) is 20.1 Å². The summed E-state index contributed by atoms with van der Waals surface area (Å²) in [6.45, 7) is 3.04. The lowest BCUT2D eigenvalue weighted by Crippen LogP contribution is -2.28. The molecule has 4 nitrogen and oxygen atoms in total. The highest BCUT2D eigenvalue weighted by atomic mass is 16.1. The molecule has 3 N–H and O–H groups in total. The van der Waals surface area contributed by atoms with Gasteiger partial charge in [-0.05, 0) is 43.3 Å². The lowest BCUT2D eigenvalue weighted by atomic mass is 10.1. The van der Waals surface area contributed by atoms with Crippen LogP contribution in [0, 0.1) is 0 Å². The minimum atomic E-state index is -0.0284. The number of nitrogens with zero attached hydrogens (tertiary/aromatic N) is 1. The van der Waals surface area contributed by atoms with Gasteiger partial charge in [-0.15, -0.1) is 0 Å². The number of carbonyl (C=O) groups excluding carboxylic acids is 1. The van der Waals surface area contributed by atoms with Crippen LogP contribution in [0.2, 0.25) is 0 Å². The Balaban J connectivity index is 1.67. The molecule has 0 atom stereocenters. The summed E-state index contributed by atoms with van der Waals surface area (Å²) in [5.41, 5.74) is 8.57. The number of nitrogens with one attached hydrogen (secondary N) is 1. The second kappa shape index (κ2) is 9.08. The van der Waals surface area contributed by atoms with Crippen molar-refractivity contribution in [3.05, 3.63) is 71.3 Å². The molecule has 0 radical (unpaired) electrons. The minimum absolute atomic E-state index is 0.0284. The van der Waals surface area contributed by atoms with Crippen molar-refractivity contribution in [3.8, 4) is 0 Å². The normalized spacial score (nSPS) is 10.7. The van der Waals surface area contributed by atoms with Crippen LogP contribution < -0.4 is 11.1 Å². The van der Waals surface area contributed by atoms with Gasteiger partial charge in [-0.2, -0.15) is 0 Å². The third kappa shape index (κ3) is 5.85. The second-order valence-corrected chi connectivity index (χ2v) is 5.73. The first-order valence-corrected chi connectivity index (χ1v) is 7.98. The smallest absolute Gasteiger partial charge is 0.251 e. The van der Waals surface area contributed by atoms with Gasteiger partial charge in [0.25, 0.3) is 5.91 Å². The van der Waals surface area contributed by atoms with E-state index in [-0.39, 0.29) is 5.91 Å². The summed E-state index contributed by atoms with van der Waals surface area (Å²) in [5.74, 6) is -0.0284. The van der Waals surface area contributed by atoms with E-state index in [1.165, 1.54) is 5.56 Å². The monoisotopic (exact) mass is 311 g/mol. The molecule has 4 heteroatoms. The summed E-state index contributed by atoms with van der Waals surface area (Å²) in [7, 11) is 2.10. The molecule has 2 aromatic carbocycles. The van der Waals surface area contributed by atoms with Gasteiger partial charge >= 0.3 is 0 Å². The number of nitrogens with two attached hydrogens (primary N) is 1. The summed E-state index contributed by atoms with van der Waals surface area (Å²) in [5, 5.41) is 2.96. The molecule has 0 aliphatic carbocycles. The van der Waals surface area contributed by atoms with Crippen molar-refractivity contribution >= 4 is 5.91 Å². The van der Waals surface area contributed by atoms with Crippen molar-refractivity contribution in [3.63, 3.8) is 0 Å². The zero-order valence-corrected chi connectivity index (χ0v) is 13.7. The SMILES string of the molecule is CN(CCCNC(=O)c1ccc(CN)cc1)Cc1ccccc1. The zero-order chi connectivity index (χ0) is 16.5. The fourth-order valence-electron chi connectivity index (χ4n) is 2.42. The summed E-state index contributed by atoms with van der Waals surface area (Å²) in [6, 6.07) is 17.8.